The molecule has 0 aromatic heterocycles. The fourth-order valence-electron chi connectivity index (χ4n) is 2.12. The highest BCUT2D eigenvalue weighted by Gasteiger charge is 2.16. The van der Waals surface area contributed by atoms with E-state index in [1.807, 2.05) is 30.8 Å². The van der Waals surface area contributed by atoms with Gasteiger partial charge in [-0.15, -0.1) is 0 Å². The van der Waals surface area contributed by atoms with E-state index < -0.39 is 0 Å². The zero-order valence-corrected chi connectivity index (χ0v) is 11.3. The minimum atomic E-state index is 0.221. The lowest BCUT2D eigenvalue weighted by molar-refractivity contribution is 0.0988. The van der Waals surface area contributed by atoms with E-state index >= 15 is 0 Å². The molecule has 0 amide bonds. The Hall–Kier alpha value is -0.960. The monoisotopic (exact) mass is 249 g/mol. The first-order valence-electron chi connectivity index (χ1n) is 6.20. The highest BCUT2D eigenvalue weighted by molar-refractivity contribution is 8.00. The summed E-state index contributed by atoms with van der Waals surface area (Å²) in [5.41, 5.74) is 2.07. The van der Waals surface area contributed by atoms with Crippen LogP contribution in [0.4, 0.5) is 5.69 Å². The topological polar surface area (TPSA) is 20.3 Å². The van der Waals surface area contributed by atoms with Crippen LogP contribution in [0.1, 0.15) is 30.6 Å². The summed E-state index contributed by atoms with van der Waals surface area (Å²) >= 11 is 2.03. The zero-order valence-electron chi connectivity index (χ0n) is 10.5. The average molecular weight is 249 g/mol. The average Bonchev–Trinajstić information content (AvgIpc) is 2.38. The molecule has 1 heterocycles. The molecule has 3 heteroatoms. The number of Topliss-reactive ketones (excluding diaryl/α,β-unsaturated/α-hetero) is 1. The van der Waals surface area contributed by atoms with Crippen LogP contribution in [0.5, 0.6) is 0 Å². The SMILES string of the molecule is CCC(=O)c1ccc(N2CCSC(C)C2)cc1. The number of benzene rings is 1. The van der Waals surface area contributed by atoms with Gasteiger partial charge in [-0.05, 0) is 24.3 Å². The second-order valence-corrected chi connectivity index (χ2v) is 6.00. The summed E-state index contributed by atoms with van der Waals surface area (Å²) in [5.74, 6) is 1.41. The van der Waals surface area contributed by atoms with Crippen molar-refractivity contribution in [2.24, 2.45) is 0 Å². The summed E-state index contributed by atoms with van der Waals surface area (Å²) in [6, 6.07) is 8.05. The van der Waals surface area contributed by atoms with E-state index in [4.69, 9.17) is 0 Å². The molecule has 0 radical (unpaired) electrons. The third-order valence-corrected chi connectivity index (χ3v) is 4.25. The highest BCUT2D eigenvalue weighted by atomic mass is 32.2. The number of anilines is 1. The van der Waals surface area contributed by atoms with Crippen LogP contribution in [-0.2, 0) is 0 Å². The molecule has 2 nitrogen and oxygen atoms in total. The van der Waals surface area contributed by atoms with Crippen LogP contribution in [0.25, 0.3) is 0 Å². The van der Waals surface area contributed by atoms with Crippen molar-refractivity contribution in [3.63, 3.8) is 0 Å². The predicted molar refractivity (Wildman–Crippen MR) is 75.2 cm³/mol. The highest BCUT2D eigenvalue weighted by Crippen LogP contribution is 2.24. The van der Waals surface area contributed by atoms with E-state index in [-0.39, 0.29) is 5.78 Å². The van der Waals surface area contributed by atoms with E-state index in [0.717, 1.165) is 18.7 Å². The van der Waals surface area contributed by atoms with Crippen molar-refractivity contribution in [3.05, 3.63) is 29.8 Å². The maximum Gasteiger partial charge on any atom is 0.162 e. The first-order valence-corrected chi connectivity index (χ1v) is 7.25. The van der Waals surface area contributed by atoms with Crippen LogP contribution in [-0.4, -0.2) is 29.9 Å². The second kappa shape index (κ2) is 5.58. The Morgan fingerprint density at radius 1 is 1.41 bits per heavy atom. The number of hydrogen-bond donors (Lipinski definition) is 0. The summed E-state index contributed by atoms with van der Waals surface area (Å²) < 4.78 is 0. The molecule has 0 saturated carbocycles. The Morgan fingerprint density at radius 3 is 2.71 bits per heavy atom. The summed E-state index contributed by atoms with van der Waals surface area (Å²) in [5, 5.41) is 0.695. The summed E-state index contributed by atoms with van der Waals surface area (Å²) in [7, 11) is 0. The van der Waals surface area contributed by atoms with Gasteiger partial charge in [0, 0.05) is 41.8 Å². The van der Waals surface area contributed by atoms with E-state index in [1.54, 1.807) is 0 Å². The molecule has 92 valence electrons. The van der Waals surface area contributed by atoms with Gasteiger partial charge >= 0.3 is 0 Å². The molecule has 1 aromatic carbocycles. The number of hydrogen-bond acceptors (Lipinski definition) is 3. The molecule has 17 heavy (non-hydrogen) atoms. The van der Waals surface area contributed by atoms with Gasteiger partial charge in [-0.3, -0.25) is 4.79 Å². The number of rotatable bonds is 3. The molecule has 1 aromatic rings. The lowest BCUT2D eigenvalue weighted by atomic mass is 10.1. The van der Waals surface area contributed by atoms with Gasteiger partial charge in [-0.2, -0.15) is 11.8 Å². The largest absolute Gasteiger partial charge is 0.370 e. The molecule has 1 atom stereocenters. The summed E-state index contributed by atoms with van der Waals surface area (Å²) in [4.78, 5) is 13.9. The molecule has 1 saturated heterocycles. The predicted octanol–water partition coefficient (Wildman–Crippen LogP) is 3.22. The molecule has 1 unspecified atom stereocenters. The molecule has 0 bridgehead atoms. The van der Waals surface area contributed by atoms with Gasteiger partial charge in [0.25, 0.3) is 0 Å². The van der Waals surface area contributed by atoms with Crippen molar-refractivity contribution < 1.29 is 4.79 Å². The van der Waals surface area contributed by atoms with E-state index in [1.165, 1.54) is 11.4 Å². The fraction of sp³-hybridized carbons (Fsp3) is 0.500. The lowest BCUT2D eigenvalue weighted by Gasteiger charge is -2.32. The lowest BCUT2D eigenvalue weighted by Crippen LogP contribution is -2.36. The van der Waals surface area contributed by atoms with Gasteiger partial charge in [0.15, 0.2) is 5.78 Å². The van der Waals surface area contributed by atoms with E-state index in [0.29, 0.717) is 11.7 Å². The van der Waals surface area contributed by atoms with Crippen molar-refractivity contribution in [2.75, 3.05) is 23.7 Å². The molecular weight excluding hydrogens is 230 g/mol. The Morgan fingerprint density at radius 2 is 2.12 bits per heavy atom. The van der Waals surface area contributed by atoms with Crippen LogP contribution in [0.2, 0.25) is 0 Å². The van der Waals surface area contributed by atoms with Gasteiger partial charge in [0.1, 0.15) is 0 Å². The molecule has 2 rings (SSSR count). The van der Waals surface area contributed by atoms with Crippen molar-refractivity contribution in [2.45, 2.75) is 25.5 Å². The van der Waals surface area contributed by atoms with Crippen molar-refractivity contribution in [1.29, 1.82) is 0 Å². The molecule has 1 aliphatic rings. The Kier molecular flexibility index (Phi) is 4.11. The van der Waals surface area contributed by atoms with Gasteiger partial charge in [-0.1, -0.05) is 13.8 Å². The van der Waals surface area contributed by atoms with Gasteiger partial charge < -0.3 is 4.90 Å². The number of carbonyl (C=O) groups excluding carboxylic acids is 1. The normalized spacial score (nSPS) is 20.4. The Bertz CT molecular complexity index is 388. The third-order valence-electron chi connectivity index (χ3n) is 3.12. The molecule has 0 N–H and O–H groups in total. The van der Waals surface area contributed by atoms with Crippen LogP contribution in [0, 0.1) is 0 Å². The zero-order chi connectivity index (χ0) is 12.3. The Labute approximate surface area is 107 Å². The molecular formula is C14H19NOS. The van der Waals surface area contributed by atoms with Crippen molar-refractivity contribution in [3.8, 4) is 0 Å². The van der Waals surface area contributed by atoms with Gasteiger partial charge in [-0.25, -0.2) is 0 Å². The molecule has 0 spiro atoms. The minimum absolute atomic E-state index is 0.221. The Balaban J connectivity index is 2.09. The van der Waals surface area contributed by atoms with Crippen molar-refractivity contribution in [1.82, 2.24) is 0 Å². The first kappa shape index (κ1) is 12.5. The maximum atomic E-state index is 11.5. The standard InChI is InChI=1S/C14H19NOS/c1-3-14(16)12-4-6-13(7-5-12)15-8-9-17-11(2)10-15/h4-7,11H,3,8-10H2,1-2H3. The second-order valence-electron chi connectivity index (χ2n) is 4.45. The summed E-state index contributed by atoms with van der Waals surface area (Å²) in [6.45, 7) is 6.38. The minimum Gasteiger partial charge on any atom is -0.370 e. The number of nitrogens with zero attached hydrogens (tertiary/aromatic N) is 1. The van der Waals surface area contributed by atoms with Crippen LogP contribution in [0.15, 0.2) is 24.3 Å². The van der Waals surface area contributed by atoms with Crippen LogP contribution in [0.3, 0.4) is 0 Å². The van der Waals surface area contributed by atoms with Crippen LogP contribution >= 0.6 is 11.8 Å². The summed E-state index contributed by atoms with van der Waals surface area (Å²) in [6.07, 6.45) is 0.580. The third kappa shape index (κ3) is 3.03. The number of thioether (sulfide) groups is 1. The van der Waals surface area contributed by atoms with Crippen molar-refractivity contribution >= 4 is 23.2 Å². The molecule has 0 aliphatic carbocycles. The van der Waals surface area contributed by atoms with Crippen LogP contribution < -0.4 is 4.90 Å². The number of ketones is 1. The molecule has 1 fully saturated rings. The van der Waals surface area contributed by atoms with E-state index in [9.17, 15) is 4.79 Å². The fourth-order valence-corrected chi connectivity index (χ4v) is 3.13. The quantitative estimate of drug-likeness (QED) is 0.767. The molecule has 1 aliphatic heterocycles. The number of carbonyl (C=O) groups is 1. The van der Waals surface area contributed by atoms with Gasteiger partial charge in [0.2, 0.25) is 0 Å². The van der Waals surface area contributed by atoms with E-state index in [2.05, 4.69) is 24.0 Å². The first-order chi connectivity index (χ1) is 8.20. The van der Waals surface area contributed by atoms with Gasteiger partial charge in [0.05, 0.1) is 0 Å². The maximum absolute atomic E-state index is 11.5. The smallest absolute Gasteiger partial charge is 0.162 e.